The van der Waals surface area contributed by atoms with Gasteiger partial charge in [0.05, 0.1) is 13.2 Å². The highest BCUT2D eigenvalue weighted by Gasteiger charge is 2.08. The average Bonchev–Trinajstić information content (AvgIpc) is 2.88. The third-order valence-corrected chi connectivity index (χ3v) is 6.23. The number of unbranched alkanes of at least 4 members (excludes halogenated alkanes) is 9. The summed E-state index contributed by atoms with van der Waals surface area (Å²) in [4.78, 5) is 3.38. The minimum absolute atomic E-state index is 0.269. The molecule has 0 saturated heterocycles. The minimum Gasteiger partial charge on any atom is -0.494 e. The van der Waals surface area contributed by atoms with Crippen LogP contribution in [0.2, 0.25) is 0 Å². The zero-order valence-electron chi connectivity index (χ0n) is 20.4. The second-order valence-corrected chi connectivity index (χ2v) is 8.91. The van der Waals surface area contributed by atoms with Gasteiger partial charge in [-0.25, -0.2) is 9.24 Å². The van der Waals surface area contributed by atoms with Gasteiger partial charge in [0, 0.05) is 5.56 Å². The Bertz CT molecular complexity index is 1030. The molecule has 2 nitrogen and oxygen atoms in total. The Morgan fingerprint density at radius 2 is 1.24 bits per heavy atom. The Morgan fingerprint density at radius 1 is 0.676 bits per heavy atom. The van der Waals surface area contributed by atoms with Crippen LogP contribution in [-0.4, -0.2) is 6.61 Å². The van der Waals surface area contributed by atoms with Crippen LogP contribution in [0.5, 0.6) is 5.75 Å². The van der Waals surface area contributed by atoms with E-state index in [9.17, 15) is 4.39 Å². The predicted molar refractivity (Wildman–Crippen MR) is 141 cm³/mol. The van der Waals surface area contributed by atoms with Crippen LogP contribution in [0.1, 0.15) is 71.1 Å². The van der Waals surface area contributed by atoms with Gasteiger partial charge in [0.25, 0.3) is 0 Å². The molecule has 0 bridgehead atoms. The van der Waals surface area contributed by atoms with Gasteiger partial charge in [0.2, 0.25) is 0 Å². The van der Waals surface area contributed by atoms with E-state index < -0.39 is 0 Å². The van der Waals surface area contributed by atoms with Crippen LogP contribution >= 0.6 is 0 Å². The summed E-state index contributed by atoms with van der Waals surface area (Å²) in [6.07, 6.45) is 13.2. The van der Waals surface area contributed by atoms with E-state index in [4.69, 9.17) is 11.3 Å². The predicted octanol–water partition coefficient (Wildman–Crippen LogP) is 10.0. The maximum absolute atomic E-state index is 14.8. The molecule has 3 heteroatoms. The fourth-order valence-electron chi connectivity index (χ4n) is 4.17. The Balaban J connectivity index is 1.41. The van der Waals surface area contributed by atoms with Gasteiger partial charge in [-0.2, -0.15) is 0 Å². The molecule has 0 fully saturated rings. The molecule has 0 spiro atoms. The van der Waals surface area contributed by atoms with Gasteiger partial charge in [-0.15, -0.1) is 0 Å². The van der Waals surface area contributed by atoms with E-state index in [0.29, 0.717) is 11.3 Å². The summed E-state index contributed by atoms with van der Waals surface area (Å²) in [6, 6.07) is 20.2. The first-order valence-electron chi connectivity index (χ1n) is 12.7. The highest BCUT2D eigenvalue weighted by atomic mass is 19.1. The standard InChI is InChI=1S/C31H36FNO/c1-3-4-5-6-7-8-9-10-11-12-23-34-29-20-15-25(16-21-29)27-17-22-30(31(32)24-27)26-13-18-28(33-2)19-14-26/h13-22,24H,3-12,23H2,1H3. The second-order valence-electron chi connectivity index (χ2n) is 8.91. The van der Waals surface area contributed by atoms with Crippen molar-refractivity contribution < 1.29 is 9.13 Å². The molecule has 0 aliphatic carbocycles. The summed E-state index contributed by atoms with van der Waals surface area (Å²) < 4.78 is 20.7. The van der Waals surface area contributed by atoms with Crippen LogP contribution in [0.25, 0.3) is 27.1 Å². The van der Waals surface area contributed by atoms with Crippen molar-refractivity contribution >= 4 is 5.69 Å². The fraction of sp³-hybridized carbons (Fsp3) is 0.387. The number of halogens is 1. The van der Waals surface area contributed by atoms with Crippen molar-refractivity contribution in [2.75, 3.05) is 6.61 Å². The molecule has 34 heavy (non-hydrogen) atoms. The van der Waals surface area contributed by atoms with E-state index in [1.807, 2.05) is 30.3 Å². The first kappa shape index (κ1) is 25.5. The number of hydrogen-bond donors (Lipinski definition) is 0. The monoisotopic (exact) mass is 457 g/mol. The summed E-state index contributed by atoms with van der Waals surface area (Å²) in [6.45, 7) is 10.0. The molecule has 0 N–H and O–H groups in total. The van der Waals surface area contributed by atoms with Gasteiger partial charge in [0.15, 0.2) is 5.69 Å². The van der Waals surface area contributed by atoms with Crippen molar-refractivity contribution in [1.82, 2.24) is 0 Å². The van der Waals surface area contributed by atoms with Crippen LogP contribution < -0.4 is 4.74 Å². The molecule has 0 atom stereocenters. The van der Waals surface area contributed by atoms with Crippen LogP contribution in [0.4, 0.5) is 10.1 Å². The Hall–Kier alpha value is -3.12. The van der Waals surface area contributed by atoms with Crippen molar-refractivity contribution in [3.05, 3.63) is 84.0 Å². The van der Waals surface area contributed by atoms with E-state index in [2.05, 4.69) is 11.8 Å². The van der Waals surface area contributed by atoms with E-state index in [-0.39, 0.29) is 5.82 Å². The van der Waals surface area contributed by atoms with Crippen LogP contribution in [0, 0.1) is 12.4 Å². The molecule has 3 aromatic carbocycles. The van der Waals surface area contributed by atoms with E-state index in [1.54, 1.807) is 36.4 Å². The molecule has 3 aromatic rings. The molecular weight excluding hydrogens is 421 g/mol. The number of hydrogen-bond acceptors (Lipinski definition) is 1. The summed E-state index contributed by atoms with van der Waals surface area (Å²) in [5.41, 5.74) is 3.65. The molecule has 0 aliphatic rings. The molecular formula is C31H36FNO. The van der Waals surface area contributed by atoms with Crippen LogP contribution in [0.15, 0.2) is 66.7 Å². The highest BCUT2D eigenvalue weighted by Crippen LogP contribution is 2.30. The molecule has 0 heterocycles. The lowest BCUT2D eigenvalue weighted by atomic mass is 9.99. The van der Waals surface area contributed by atoms with Gasteiger partial charge in [-0.05, 0) is 41.3 Å². The Kier molecular flexibility index (Phi) is 10.7. The molecule has 178 valence electrons. The van der Waals surface area contributed by atoms with Gasteiger partial charge in [-0.1, -0.05) is 113 Å². The van der Waals surface area contributed by atoms with Crippen molar-refractivity contribution in [2.24, 2.45) is 0 Å². The smallest absolute Gasteiger partial charge is 0.187 e. The van der Waals surface area contributed by atoms with E-state index >= 15 is 0 Å². The topological polar surface area (TPSA) is 13.6 Å². The third-order valence-electron chi connectivity index (χ3n) is 6.23. The van der Waals surface area contributed by atoms with Crippen LogP contribution in [0.3, 0.4) is 0 Å². The molecule has 0 amide bonds. The molecule has 0 radical (unpaired) electrons. The lowest BCUT2D eigenvalue weighted by Gasteiger charge is -2.09. The number of ether oxygens (including phenoxy) is 1. The molecule has 0 aliphatic heterocycles. The Labute approximate surface area is 204 Å². The van der Waals surface area contributed by atoms with E-state index in [0.717, 1.165) is 35.5 Å². The van der Waals surface area contributed by atoms with Gasteiger partial charge >= 0.3 is 0 Å². The largest absolute Gasteiger partial charge is 0.494 e. The third kappa shape index (κ3) is 8.03. The lowest BCUT2D eigenvalue weighted by molar-refractivity contribution is 0.304. The SMILES string of the molecule is [C-]#[N+]c1ccc(-c2ccc(-c3ccc(OCCCCCCCCCCCC)cc3)cc2F)cc1. The first-order valence-corrected chi connectivity index (χ1v) is 12.7. The van der Waals surface area contributed by atoms with Gasteiger partial charge in [0.1, 0.15) is 11.6 Å². The van der Waals surface area contributed by atoms with Gasteiger partial charge < -0.3 is 4.74 Å². The fourth-order valence-corrected chi connectivity index (χ4v) is 4.17. The maximum atomic E-state index is 14.8. The number of nitrogens with zero attached hydrogens (tertiary/aromatic N) is 1. The summed E-state index contributed by atoms with van der Waals surface area (Å²) >= 11 is 0. The molecule has 0 aromatic heterocycles. The quantitative estimate of drug-likeness (QED) is 0.173. The summed E-state index contributed by atoms with van der Waals surface area (Å²) in [5, 5.41) is 0. The summed E-state index contributed by atoms with van der Waals surface area (Å²) in [7, 11) is 0. The van der Waals surface area contributed by atoms with Crippen molar-refractivity contribution in [3.8, 4) is 28.0 Å². The normalized spacial score (nSPS) is 10.7. The Morgan fingerprint density at radius 3 is 1.82 bits per heavy atom. The zero-order valence-corrected chi connectivity index (χ0v) is 20.4. The number of rotatable bonds is 14. The van der Waals surface area contributed by atoms with Crippen LogP contribution in [-0.2, 0) is 0 Å². The summed E-state index contributed by atoms with van der Waals surface area (Å²) in [5.74, 6) is 0.589. The zero-order chi connectivity index (χ0) is 24.0. The van der Waals surface area contributed by atoms with Crippen molar-refractivity contribution in [3.63, 3.8) is 0 Å². The average molecular weight is 458 g/mol. The maximum Gasteiger partial charge on any atom is 0.187 e. The number of benzene rings is 3. The minimum atomic E-state index is -0.269. The van der Waals surface area contributed by atoms with Crippen molar-refractivity contribution in [2.45, 2.75) is 71.1 Å². The van der Waals surface area contributed by atoms with Gasteiger partial charge in [-0.3, -0.25) is 0 Å². The second kappa shape index (κ2) is 14.2. The molecule has 0 saturated carbocycles. The lowest BCUT2D eigenvalue weighted by Crippen LogP contribution is -1.97. The molecule has 3 rings (SSSR count). The first-order chi connectivity index (χ1) is 16.7. The van der Waals surface area contributed by atoms with Crippen molar-refractivity contribution in [1.29, 1.82) is 0 Å². The molecule has 0 unspecified atom stereocenters. The highest BCUT2D eigenvalue weighted by molar-refractivity contribution is 5.72. The van der Waals surface area contributed by atoms with E-state index in [1.165, 1.54) is 57.8 Å².